The van der Waals surface area contributed by atoms with Gasteiger partial charge in [-0.05, 0) is 12.1 Å². The molecule has 0 radical (unpaired) electrons. The predicted octanol–water partition coefficient (Wildman–Crippen LogP) is 1.51. The molecule has 0 bridgehead atoms. The van der Waals surface area contributed by atoms with Crippen LogP contribution < -0.4 is 5.32 Å². The first-order valence-electron chi connectivity index (χ1n) is 3.85. The number of hydrogen-bond donors (Lipinski definition) is 1. The van der Waals surface area contributed by atoms with Gasteiger partial charge in [0.15, 0.2) is 11.5 Å². The molecule has 1 aromatic rings. The Kier molecular flexibility index (Phi) is 3.23. The van der Waals surface area contributed by atoms with Crippen LogP contribution in [-0.4, -0.2) is 23.6 Å². The van der Waals surface area contributed by atoms with Crippen LogP contribution in [0.2, 0.25) is 0 Å². The fourth-order valence-corrected chi connectivity index (χ4v) is 0.817. The first-order valence-corrected chi connectivity index (χ1v) is 3.85. The van der Waals surface area contributed by atoms with Crippen LogP contribution in [0.5, 0.6) is 0 Å². The second-order valence-corrected chi connectivity index (χ2v) is 2.63. The molecule has 1 aromatic heterocycles. The summed E-state index contributed by atoms with van der Waals surface area (Å²) < 4.78 is 48.0. The van der Waals surface area contributed by atoms with Crippen LogP contribution in [0, 0.1) is 5.82 Å². The summed E-state index contributed by atoms with van der Waals surface area (Å²) in [6.45, 7) is -1.51. The maximum atomic E-state index is 12.9. The number of aromatic nitrogens is 1. The smallest absolute Gasteiger partial charge is 0.341 e. The molecule has 0 aromatic carbocycles. The number of nitrogens with zero attached hydrogens (tertiary/aromatic N) is 1. The molecule has 0 aliphatic carbocycles. The lowest BCUT2D eigenvalue weighted by molar-refractivity contribution is -0.123. The van der Waals surface area contributed by atoms with Gasteiger partial charge in [-0.1, -0.05) is 0 Å². The van der Waals surface area contributed by atoms with Crippen molar-refractivity contribution in [3.05, 3.63) is 29.8 Å². The molecule has 0 saturated carbocycles. The van der Waals surface area contributed by atoms with Crippen LogP contribution in [0.15, 0.2) is 18.3 Å². The maximum absolute atomic E-state index is 12.9. The molecule has 0 atom stereocenters. The molecule has 0 aliphatic heterocycles. The zero-order valence-corrected chi connectivity index (χ0v) is 7.31. The van der Waals surface area contributed by atoms with Crippen LogP contribution in [0.3, 0.4) is 0 Å². The van der Waals surface area contributed by atoms with Crippen LogP contribution >= 0.6 is 0 Å². The summed E-state index contributed by atoms with van der Waals surface area (Å²) in [5.74, 6) is -2.15. The molecule has 0 fully saturated rings. The second kappa shape index (κ2) is 4.24. The van der Waals surface area contributed by atoms with Crippen LogP contribution in [-0.2, 0) is 0 Å². The normalized spacial score (nSPS) is 11.2. The number of pyridine rings is 1. The van der Waals surface area contributed by atoms with Gasteiger partial charge in [0.25, 0.3) is 5.91 Å². The first kappa shape index (κ1) is 11.4. The van der Waals surface area contributed by atoms with Crippen molar-refractivity contribution in [2.24, 2.45) is 0 Å². The SMILES string of the molecule is O=C(NCC(F)(F)F)c1ncccc1F. The predicted molar refractivity (Wildman–Crippen MR) is 42.6 cm³/mol. The zero-order valence-electron chi connectivity index (χ0n) is 7.31. The highest BCUT2D eigenvalue weighted by molar-refractivity contribution is 5.92. The highest BCUT2D eigenvalue weighted by Gasteiger charge is 2.28. The van der Waals surface area contributed by atoms with Crippen molar-refractivity contribution in [1.82, 2.24) is 10.3 Å². The largest absolute Gasteiger partial charge is 0.405 e. The molecule has 1 rings (SSSR count). The van der Waals surface area contributed by atoms with Crippen LogP contribution in [0.4, 0.5) is 17.6 Å². The number of nitrogens with one attached hydrogen (secondary N) is 1. The highest BCUT2D eigenvalue weighted by Crippen LogP contribution is 2.12. The quantitative estimate of drug-likeness (QED) is 0.770. The van der Waals surface area contributed by atoms with Crippen molar-refractivity contribution in [3.63, 3.8) is 0 Å². The molecule has 7 heteroatoms. The van der Waals surface area contributed by atoms with Gasteiger partial charge in [-0.15, -0.1) is 0 Å². The molecule has 82 valence electrons. The second-order valence-electron chi connectivity index (χ2n) is 2.63. The van der Waals surface area contributed by atoms with E-state index in [9.17, 15) is 22.4 Å². The maximum Gasteiger partial charge on any atom is 0.405 e. The number of alkyl halides is 3. The van der Waals surface area contributed by atoms with Gasteiger partial charge < -0.3 is 5.32 Å². The number of carbonyl (C=O) groups excluding carboxylic acids is 1. The molecule has 1 amide bonds. The average molecular weight is 222 g/mol. The minimum absolute atomic E-state index is 0.651. The summed E-state index contributed by atoms with van der Waals surface area (Å²) in [4.78, 5) is 14.3. The Morgan fingerprint density at radius 3 is 2.67 bits per heavy atom. The van der Waals surface area contributed by atoms with Gasteiger partial charge in [0, 0.05) is 6.20 Å². The lowest BCUT2D eigenvalue weighted by atomic mass is 10.3. The van der Waals surface area contributed by atoms with Gasteiger partial charge in [-0.25, -0.2) is 9.37 Å². The number of halogens is 4. The summed E-state index contributed by atoms with van der Waals surface area (Å²) in [7, 11) is 0. The van der Waals surface area contributed by atoms with E-state index in [2.05, 4.69) is 4.98 Å². The number of hydrogen-bond acceptors (Lipinski definition) is 2. The molecule has 15 heavy (non-hydrogen) atoms. The lowest BCUT2D eigenvalue weighted by Crippen LogP contribution is -2.34. The Morgan fingerprint density at radius 1 is 1.47 bits per heavy atom. The molecule has 0 spiro atoms. The minimum Gasteiger partial charge on any atom is -0.341 e. The van der Waals surface area contributed by atoms with E-state index in [1.54, 1.807) is 0 Å². The monoisotopic (exact) mass is 222 g/mol. The summed E-state index contributed by atoms with van der Waals surface area (Å²) in [5.41, 5.74) is -0.651. The molecule has 0 aliphatic rings. The van der Waals surface area contributed by atoms with E-state index < -0.39 is 30.1 Å². The number of amides is 1. The third kappa shape index (κ3) is 3.53. The fraction of sp³-hybridized carbons (Fsp3) is 0.250. The first-order chi connectivity index (χ1) is 6.90. The summed E-state index contributed by atoms with van der Waals surface area (Å²) in [5, 5.41) is 1.51. The van der Waals surface area contributed by atoms with Crippen molar-refractivity contribution in [3.8, 4) is 0 Å². The zero-order chi connectivity index (χ0) is 11.5. The number of carbonyl (C=O) groups is 1. The van der Waals surface area contributed by atoms with Crippen molar-refractivity contribution in [2.75, 3.05) is 6.54 Å². The van der Waals surface area contributed by atoms with Gasteiger partial charge in [0.2, 0.25) is 0 Å². The Labute approximate surface area is 82.1 Å². The van der Waals surface area contributed by atoms with Gasteiger partial charge >= 0.3 is 6.18 Å². The molecule has 0 saturated heterocycles. The van der Waals surface area contributed by atoms with Gasteiger partial charge in [-0.3, -0.25) is 4.79 Å². The van der Waals surface area contributed by atoms with Crippen molar-refractivity contribution in [1.29, 1.82) is 0 Å². The van der Waals surface area contributed by atoms with E-state index >= 15 is 0 Å². The summed E-state index contributed by atoms with van der Waals surface area (Å²) in [6, 6.07) is 2.17. The topological polar surface area (TPSA) is 42.0 Å². The third-order valence-corrected chi connectivity index (χ3v) is 1.42. The van der Waals surface area contributed by atoms with E-state index in [1.807, 2.05) is 0 Å². The van der Waals surface area contributed by atoms with E-state index in [0.717, 1.165) is 12.3 Å². The molecular formula is C8H6F4N2O. The standard InChI is InChI=1S/C8H6F4N2O/c9-5-2-1-3-13-6(5)7(15)14-4-8(10,11)12/h1-3H,4H2,(H,14,15). The molecule has 3 nitrogen and oxygen atoms in total. The van der Waals surface area contributed by atoms with E-state index in [-0.39, 0.29) is 0 Å². The van der Waals surface area contributed by atoms with Crippen molar-refractivity contribution >= 4 is 5.91 Å². The van der Waals surface area contributed by atoms with Crippen molar-refractivity contribution in [2.45, 2.75) is 6.18 Å². The Hall–Kier alpha value is -1.66. The van der Waals surface area contributed by atoms with Crippen molar-refractivity contribution < 1.29 is 22.4 Å². The molecule has 0 unspecified atom stereocenters. The Bertz CT molecular complexity index is 364. The number of rotatable bonds is 2. The van der Waals surface area contributed by atoms with E-state index in [4.69, 9.17) is 0 Å². The molecule has 1 heterocycles. The van der Waals surface area contributed by atoms with E-state index in [0.29, 0.717) is 0 Å². The third-order valence-electron chi connectivity index (χ3n) is 1.42. The van der Waals surface area contributed by atoms with Crippen LogP contribution in [0.25, 0.3) is 0 Å². The fourth-order valence-electron chi connectivity index (χ4n) is 0.817. The summed E-state index contributed by atoms with van der Waals surface area (Å²) >= 11 is 0. The van der Waals surface area contributed by atoms with Gasteiger partial charge in [0.05, 0.1) is 0 Å². The Morgan fingerprint density at radius 2 is 2.13 bits per heavy atom. The van der Waals surface area contributed by atoms with Gasteiger partial charge in [0.1, 0.15) is 6.54 Å². The van der Waals surface area contributed by atoms with Crippen LogP contribution in [0.1, 0.15) is 10.5 Å². The lowest BCUT2D eigenvalue weighted by Gasteiger charge is -2.07. The van der Waals surface area contributed by atoms with Gasteiger partial charge in [-0.2, -0.15) is 13.2 Å². The average Bonchev–Trinajstić information content (AvgIpc) is 2.14. The highest BCUT2D eigenvalue weighted by atomic mass is 19.4. The van der Waals surface area contributed by atoms with E-state index in [1.165, 1.54) is 11.4 Å². The summed E-state index contributed by atoms with van der Waals surface area (Å²) in [6.07, 6.45) is -3.41. The molecule has 1 N–H and O–H groups in total. The Balaban J connectivity index is 2.66. The minimum atomic E-state index is -4.53. The molecular weight excluding hydrogens is 216 g/mol.